The van der Waals surface area contributed by atoms with Crippen LogP contribution in [0.2, 0.25) is 0 Å². The molecule has 0 aromatic carbocycles. The third-order valence-electron chi connectivity index (χ3n) is 6.35. The van der Waals surface area contributed by atoms with Crippen LogP contribution in [0.25, 0.3) is 4.96 Å². The molecule has 1 fully saturated rings. The van der Waals surface area contributed by atoms with Gasteiger partial charge in [-0.1, -0.05) is 25.2 Å². The van der Waals surface area contributed by atoms with Crippen LogP contribution in [0, 0.1) is 5.92 Å². The topological polar surface area (TPSA) is 82.8 Å². The van der Waals surface area contributed by atoms with E-state index in [2.05, 4.69) is 34.1 Å². The number of amides is 1. The maximum Gasteiger partial charge on any atom is 0.278 e. The summed E-state index contributed by atoms with van der Waals surface area (Å²) in [5.74, 6) is 0.0825. The van der Waals surface area contributed by atoms with Gasteiger partial charge in [0.1, 0.15) is 0 Å². The molecule has 1 amide bonds. The fraction of sp³-hybridized carbons (Fsp3) is 0.714. The smallest absolute Gasteiger partial charge is 0.278 e. The summed E-state index contributed by atoms with van der Waals surface area (Å²) in [4.78, 5) is 35.4. The van der Waals surface area contributed by atoms with Gasteiger partial charge in [0, 0.05) is 31.7 Å². The van der Waals surface area contributed by atoms with E-state index in [4.69, 9.17) is 4.98 Å². The van der Waals surface area contributed by atoms with Crippen LogP contribution in [0.5, 0.6) is 0 Å². The summed E-state index contributed by atoms with van der Waals surface area (Å²) >= 11 is 1.46. The Bertz CT molecular complexity index is 951. The molecular weight excluding hydrogens is 400 g/mol. The molecule has 1 atom stereocenters. The number of rotatable bonds is 7. The molecule has 0 bridgehead atoms. The van der Waals surface area contributed by atoms with Gasteiger partial charge in [0.15, 0.2) is 0 Å². The zero-order valence-electron chi connectivity index (χ0n) is 18.0. The predicted molar refractivity (Wildman–Crippen MR) is 120 cm³/mol. The molecule has 3 heterocycles. The highest BCUT2D eigenvalue weighted by Crippen LogP contribution is 2.28. The number of carbonyl (C=O) groups excluding carboxylic acids is 1. The van der Waals surface area contributed by atoms with Crippen molar-refractivity contribution in [2.45, 2.75) is 52.4 Å². The number of aryl methyl sites for hydroxylation is 1. The summed E-state index contributed by atoms with van der Waals surface area (Å²) in [6.45, 7) is 9.34. The second kappa shape index (κ2) is 9.43. The van der Waals surface area contributed by atoms with E-state index in [1.807, 2.05) is 0 Å². The van der Waals surface area contributed by atoms with E-state index in [1.54, 1.807) is 0 Å². The standard InChI is InChI=1S/C21H32N6O2S/c1-3-25(4-2)13-11-22-18(28)15-8-7-12-26(14-15)21-24-27-19(29)16-9-5-6-10-17(16)23-20(27)30-21/h15H,3-14H2,1-2H3,(H,22,28). The van der Waals surface area contributed by atoms with E-state index in [-0.39, 0.29) is 17.4 Å². The van der Waals surface area contributed by atoms with Gasteiger partial charge >= 0.3 is 0 Å². The number of nitrogens with one attached hydrogen (secondary N) is 1. The molecule has 2 aromatic heterocycles. The van der Waals surface area contributed by atoms with Crippen molar-refractivity contribution in [2.24, 2.45) is 5.92 Å². The van der Waals surface area contributed by atoms with Crippen LogP contribution < -0.4 is 15.8 Å². The lowest BCUT2D eigenvalue weighted by molar-refractivity contribution is -0.125. The third-order valence-corrected chi connectivity index (χ3v) is 7.32. The summed E-state index contributed by atoms with van der Waals surface area (Å²) < 4.78 is 1.47. The summed E-state index contributed by atoms with van der Waals surface area (Å²) in [5, 5.41) is 8.49. The lowest BCUT2D eigenvalue weighted by Gasteiger charge is -2.31. The van der Waals surface area contributed by atoms with Crippen LogP contribution in [0.1, 0.15) is 50.8 Å². The molecule has 1 saturated heterocycles. The van der Waals surface area contributed by atoms with Gasteiger partial charge < -0.3 is 15.1 Å². The van der Waals surface area contributed by atoms with Gasteiger partial charge in [0.05, 0.1) is 11.6 Å². The Labute approximate surface area is 181 Å². The second-order valence-electron chi connectivity index (χ2n) is 8.23. The maximum absolute atomic E-state index is 12.8. The maximum atomic E-state index is 12.8. The van der Waals surface area contributed by atoms with Crippen LogP contribution in [0.15, 0.2) is 4.79 Å². The van der Waals surface area contributed by atoms with Crippen LogP contribution in [0.3, 0.4) is 0 Å². The molecule has 4 rings (SSSR count). The van der Waals surface area contributed by atoms with Crippen molar-refractivity contribution in [1.29, 1.82) is 0 Å². The van der Waals surface area contributed by atoms with Gasteiger partial charge in [0.2, 0.25) is 16.0 Å². The first-order valence-corrected chi connectivity index (χ1v) is 12.1. The molecule has 1 unspecified atom stereocenters. The zero-order chi connectivity index (χ0) is 21.1. The van der Waals surface area contributed by atoms with Crippen molar-refractivity contribution in [1.82, 2.24) is 24.8 Å². The van der Waals surface area contributed by atoms with Crippen LogP contribution in [-0.4, -0.2) is 64.7 Å². The zero-order valence-corrected chi connectivity index (χ0v) is 18.8. The molecule has 9 heteroatoms. The Balaban J connectivity index is 1.44. The van der Waals surface area contributed by atoms with E-state index in [9.17, 15) is 9.59 Å². The Morgan fingerprint density at radius 1 is 1.23 bits per heavy atom. The van der Waals surface area contributed by atoms with Gasteiger partial charge in [-0.3, -0.25) is 9.59 Å². The number of hydrogen-bond acceptors (Lipinski definition) is 7. The van der Waals surface area contributed by atoms with Crippen LogP contribution in [-0.2, 0) is 17.6 Å². The highest BCUT2D eigenvalue weighted by atomic mass is 32.1. The van der Waals surface area contributed by atoms with Gasteiger partial charge in [-0.25, -0.2) is 4.98 Å². The molecule has 0 radical (unpaired) electrons. The monoisotopic (exact) mass is 432 g/mol. The van der Waals surface area contributed by atoms with Crippen LogP contribution >= 0.6 is 11.3 Å². The number of nitrogens with zero attached hydrogens (tertiary/aromatic N) is 5. The van der Waals surface area contributed by atoms with Gasteiger partial charge in [-0.2, -0.15) is 4.52 Å². The Hall–Kier alpha value is -2.00. The summed E-state index contributed by atoms with van der Waals surface area (Å²) in [7, 11) is 0. The van der Waals surface area contributed by atoms with E-state index in [0.29, 0.717) is 18.1 Å². The molecule has 0 spiro atoms. The minimum Gasteiger partial charge on any atom is -0.355 e. The first-order chi connectivity index (χ1) is 14.6. The SMILES string of the molecule is CCN(CC)CCNC(=O)C1CCCN(c2nn3c(=O)c4c(nc3s2)CCCC4)C1. The number of likely N-dealkylation sites (N-methyl/N-ethyl adjacent to an activating group) is 1. The van der Waals surface area contributed by atoms with Crippen molar-refractivity contribution in [3.63, 3.8) is 0 Å². The quantitative estimate of drug-likeness (QED) is 0.717. The second-order valence-corrected chi connectivity index (χ2v) is 9.17. The average Bonchev–Trinajstić information content (AvgIpc) is 3.21. The summed E-state index contributed by atoms with van der Waals surface area (Å²) in [6.07, 6.45) is 5.67. The van der Waals surface area contributed by atoms with E-state index >= 15 is 0 Å². The molecule has 2 aliphatic rings. The number of fused-ring (bicyclic) bond motifs is 2. The summed E-state index contributed by atoms with van der Waals surface area (Å²) in [6, 6.07) is 0. The van der Waals surface area contributed by atoms with Gasteiger partial charge in [0.25, 0.3) is 5.56 Å². The van der Waals surface area contributed by atoms with E-state index < -0.39 is 0 Å². The largest absolute Gasteiger partial charge is 0.355 e. The predicted octanol–water partition coefficient (Wildman–Crippen LogP) is 1.70. The minimum absolute atomic E-state index is 0.0140. The minimum atomic E-state index is -0.0413. The normalized spacial score (nSPS) is 19.3. The molecular formula is C21H32N6O2S. The molecule has 1 aliphatic carbocycles. The highest BCUT2D eigenvalue weighted by molar-refractivity contribution is 7.20. The van der Waals surface area contributed by atoms with Crippen molar-refractivity contribution in [3.8, 4) is 0 Å². The molecule has 8 nitrogen and oxygen atoms in total. The highest BCUT2D eigenvalue weighted by Gasteiger charge is 2.28. The van der Waals surface area contributed by atoms with Crippen LogP contribution in [0.4, 0.5) is 5.13 Å². The Morgan fingerprint density at radius 2 is 2.03 bits per heavy atom. The van der Waals surface area contributed by atoms with Crippen molar-refractivity contribution in [3.05, 3.63) is 21.6 Å². The Morgan fingerprint density at radius 3 is 2.83 bits per heavy atom. The number of piperidine rings is 1. The molecule has 164 valence electrons. The van der Waals surface area contributed by atoms with Gasteiger partial charge in [-0.15, -0.1) is 5.10 Å². The lowest BCUT2D eigenvalue weighted by Crippen LogP contribution is -2.44. The number of anilines is 1. The molecule has 1 aliphatic heterocycles. The van der Waals surface area contributed by atoms with E-state index in [0.717, 1.165) is 81.1 Å². The fourth-order valence-electron chi connectivity index (χ4n) is 4.48. The number of carbonyl (C=O) groups is 1. The summed E-state index contributed by atoms with van der Waals surface area (Å²) in [5.41, 5.74) is 1.77. The number of hydrogen-bond donors (Lipinski definition) is 1. The van der Waals surface area contributed by atoms with Crippen molar-refractivity contribution in [2.75, 3.05) is 44.2 Å². The van der Waals surface area contributed by atoms with E-state index in [1.165, 1.54) is 15.9 Å². The third kappa shape index (κ3) is 4.37. The molecule has 0 saturated carbocycles. The van der Waals surface area contributed by atoms with Gasteiger partial charge in [-0.05, 0) is 51.6 Å². The fourth-order valence-corrected chi connectivity index (χ4v) is 5.42. The molecule has 1 N–H and O–H groups in total. The van der Waals surface area contributed by atoms with Crippen molar-refractivity contribution >= 4 is 27.3 Å². The molecule has 2 aromatic rings. The number of aromatic nitrogens is 3. The lowest BCUT2D eigenvalue weighted by atomic mass is 9.97. The molecule has 30 heavy (non-hydrogen) atoms. The van der Waals surface area contributed by atoms with Crippen molar-refractivity contribution < 1.29 is 4.79 Å². The first kappa shape index (κ1) is 21.2. The average molecular weight is 433 g/mol. The Kier molecular flexibility index (Phi) is 6.67. The first-order valence-electron chi connectivity index (χ1n) is 11.3.